The van der Waals surface area contributed by atoms with Crippen molar-refractivity contribution in [2.75, 3.05) is 5.73 Å². The fourth-order valence-electron chi connectivity index (χ4n) is 0.909. The highest BCUT2D eigenvalue weighted by Gasteiger charge is 1.88. The van der Waals surface area contributed by atoms with Gasteiger partial charge in [-0.3, -0.25) is 4.99 Å². The second-order valence-electron chi connectivity index (χ2n) is 2.86. The van der Waals surface area contributed by atoms with Crippen LogP contribution < -0.4 is 5.73 Å². The van der Waals surface area contributed by atoms with Crippen LogP contribution >= 0.6 is 0 Å². The van der Waals surface area contributed by atoms with Crippen molar-refractivity contribution in [1.82, 2.24) is 0 Å². The van der Waals surface area contributed by atoms with Crippen molar-refractivity contribution in [2.45, 2.75) is 13.3 Å². The monoisotopic (exact) mass is 174 g/mol. The summed E-state index contributed by atoms with van der Waals surface area (Å²) in [7, 11) is 0. The van der Waals surface area contributed by atoms with Gasteiger partial charge in [0.15, 0.2) is 0 Å². The molecule has 0 aromatic heterocycles. The van der Waals surface area contributed by atoms with E-state index in [0.717, 1.165) is 12.1 Å². The Morgan fingerprint density at radius 3 is 2.15 bits per heavy atom. The highest BCUT2D eigenvalue weighted by Crippen LogP contribution is 1.96. The Morgan fingerprint density at radius 2 is 1.92 bits per heavy atom. The van der Waals surface area contributed by atoms with E-state index < -0.39 is 0 Å². The number of hydrogen-bond acceptors (Lipinski definition) is 2. The molecule has 2 nitrogen and oxygen atoms in total. The third-order valence-electron chi connectivity index (χ3n) is 1.61. The first-order valence-electron chi connectivity index (χ1n) is 4.28. The number of hydrogen-bond donors (Lipinski definition) is 1. The molecule has 1 aromatic rings. The summed E-state index contributed by atoms with van der Waals surface area (Å²) in [6.45, 7) is 2.03. The van der Waals surface area contributed by atoms with E-state index in [2.05, 4.69) is 11.1 Å². The number of para-hydroxylation sites is 1. The summed E-state index contributed by atoms with van der Waals surface area (Å²) in [5, 5.41) is 0. The van der Waals surface area contributed by atoms with E-state index in [9.17, 15) is 0 Å². The fourth-order valence-corrected chi connectivity index (χ4v) is 0.909. The van der Waals surface area contributed by atoms with Crippen molar-refractivity contribution in [2.24, 2.45) is 4.99 Å². The number of nitrogens with zero attached hydrogens (tertiary/aromatic N) is 1. The Morgan fingerprint density at radius 1 is 1.23 bits per heavy atom. The number of nitrogens with two attached hydrogens (primary N) is 1. The van der Waals surface area contributed by atoms with Crippen LogP contribution in [0.3, 0.4) is 0 Å². The van der Waals surface area contributed by atoms with Crippen molar-refractivity contribution in [1.29, 1.82) is 0 Å². The van der Waals surface area contributed by atoms with Gasteiger partial charge in [0.1, 0.15) is 0 Å². The predicted molar refractivity (Wildman–Crippen MR) is 57.7 cm³/mol. The summed E-state index contributed by atoms with van der Waals surface area (Å²) in [4.78, 5) is 3.97. The number of anilines is 1. The molecule has 2 heteroatoms. The lowest BCUT2D eigenvalue weighted by molar-refractivity contribution is 1.50. The summed E-state index contributed by atoms with van der Waals surface area (Å²) >= 11 is 0. The van der Waals surface area contributed by atoms with Crippen LogP contribution in [0, 0.1) is 0 Å². The SMILES string of the molecule is CC1=NC=CC1.Nc1ccccc1. The highest BCUT2D eigenvalue weighted by molar-refractivity contribution is 5.85. The van der Waals surface area contributed by atoms with Crippen LogP contribution in [0.15, 0.2) is 47.6 Å². The first kappa shape index (κ1) is 9.52. The van der Waals surface area contributed by atoms with Crippen molar-refractivity contribution in [3.8, 4) is 0 Å². The van der Waals surface area contributed by atoms with Crippen molar-refractivity contribution in [3.63, 3.8) is 0 Å². The van der Waals surface area contributed by atoms with Gasteiger partial charge in [0.25, 0.3) is 0 Å². The first-order valence-corrected chi connectivity index (χ1v) is 4.28. The summed E-state index contributed by atoms with van der Waals surface area (Å²) in [6.07, 6.45) is 4.95. The zero-order valence-corrected chi connectivity index (χ0v) is 7.77. The Balaban J connectivity index is 0.000000132. The molecule has 2 N–H and O–H groups in total. The van der Waals surface area contributed by atoms with Crippen LogP contribution in [0.2, 0.25) is 0 Å². The van der Waals surface area contributed by atoms with Crippen LogP contribution in [0.4, 0.5) is 5.69 Å². The Hall–Kier alpha value is -1.57. The summed E-state index contributed by atoms with van der Waals surface area (Å²) < 4.78 is 0. The lowest BCUT2D eigenvalue weighted by Crippen LogP contribution is -1.79. The predicted octanol–water partition coefficient (Wildman–Crippen LogP) is 2.63. The fraction of sp³-hybridized carbons (Fsp3) is 0.182. The topological polar surface area (TPSA) is 38.4 Å². The van der Waals surface area contributed by atoms with Crippen molar-refractivity contribution < 1.29 is 0 Å². The molecule has 1 heterocycles. The minimum Gasteiger partial charge on any atom is -0.399 e. The van der Waals surface area contributed by atoms with E-state index in [4.69, 9.17) is 5.73 Å². The van der Waals surface area contributed by atoms with Crippen LogP contribution in [0.25, 0.3) is 0 Å². The molecule has 0 aliphatic carbocycles. The van der Waals surface area contributed by atoms with E-state index in [0.29, 0.717) is 0 Å². The maximum Gasteiger partial charge on any atom is 0.0313 e. The van der Waals surface area contributed by atoms with Crippen molar-refractivity contribution in [3.05, 3.63) is 42.6 Å². The molecular formula is C11H14N2. The van der Waals surface area contributed by atoms with Gasteiger partial charge in [-0.25, -0.2) is 0 Å². The molecule has 0 saturated heterocycles. The number of nitrogen functional groups attached to an aromatic ring is 1. The second kappa shape index (κ2) is 5.14. The maximum absolute atomic E-state index is 5.36. The maximum atomic E-state index is 5.36. The molecule has 0 unspecified atom stereocenters. The van der Waals surface area contributed by atoms with Gasteiger partial charge in [-0.2, -0.15) is 0 Å². The minimum atomic E-state index is 0.822. The van der Waals surface area contributed by atoms with Crippen LogP contribution in [-0.2, 0) is 0 Å². The number of benzene rings is 1. The molecule has 0 saturated carbocycles. The minimum absolute atomic E-state index is 0.822. The summed E-state index contributed by atoms with van der Waals surface area (Å²) in [5.41, 5.74) is 7.40. The third-order valence-corrected chi connectivity index (χ3v) is 1.61. The van der Waals surface area contributed by atoms with Gasteiger partial charge >= 0.3 is 0 Å². The average molecular weight is 174 g/mol. The first-order chi connectivity index (χ1) is 6.29. The van der Waals surface area contributed by atoms with E-state index in [1.165, 1.54) is 5.71 Å². The van der Waals surface area contributed by atoms with E-state index in [-0.39, 0.29) is 0 Å². The molecule has 0 bridgehead atoms. The van der Waals surface area contributed by atoms with Crippen LogP contribution in [0.5, 0.6) is 0 Å². The van der Waals surface area contributed by atoms with Gasteiger partial charge in [-0.1, -0.05) is 24.3 Å². The van der Waals surface area contributed by atoms with E-state index in [1.54, 1.807) is 0 Å². The van der Waals surface area contributed by atoms with Crippen LogP contribution in [-0.4, -0.2) is 5.71 Å². The van der Waals surface area contributed by atoms with E-state index in [1.807, 2.05) is 43.5 Å². The molecule has 0 radical (unpaired) electrons. The quantitative estimate of drug-likeness (QED) is 0.603. The van der Waals surface area contributed by atoms with Gasteiger partial charge in [0.05, 0.1) is 0 Å². The van der Waals surface area contributed by atoms with Crippen molar-refractivity contribution >= 4 is 11.4 Å². The van der Waals surface area contributed by atoms with Crippen LogP contribution in [0.1, 0.15) is 13.3 Å². The van der Waals surface area contributed by atoms with Gasteiger partial charge in [-0.05, 0) is 19.1 Å². The van der Waals surface area contributed by atoms with Gasteiger partial charge in [-0.15, -0.1) is 0 Å². The van der Waals surface area contributed by atoms with Gasteiger partial charge in [0.2, 0.25) is 0 Å². The standard InChI is InChI=1S/C6H7N.C5H7N/c7-6-4-2-1-3-5-6;1-5-3-2-4-6-5/h1-5H,7H2;2,4H,3H2,1H3. The van der Waals surface area contributed by atoms with E-state index >= 15 is 0 Å². The smallest absolute Gasteiger partial charge is 0.0313 e. The Kier molecular flexibility index (Phi) is 3.76. The molecule has 68 valence electrons. The Labute approximate surface area is 78.8 Å². The lowest BCUT2D eigenvalue weighted by atomic mass is 10.3. The zero-order valence-electron chi connectivity index (χ0n) is 7.77. The number of allylic oxidation sites excluding steroid dienone is 1. The largest absolute Gasteiger partial charge is 0.399 e. The normalized spacial score (nSPS) is 13.2. The zero-order chi connectivity index (χ0) is 9.52. The summed E-state index contributed by atoms with van der Waals surface area (Å²) in [6, 6.07) is 9.49. The molecule has 0 amide bonds. The third kappa shape index (κ3) is 4.11. The molecule has 2 rings (SSSR count). The molecule has 1 aromatic carbocycles. The van der Waals surface area contributed by atoms with Gasteiger partial charge < -0.3 is 5.73 Å². The molecular weight excluding hydrogens is 160 g/mol. The second-order valence-corrected chi connectivity index (χ2v) is 2.86. The summed E-state index contributed by atoms with van der Waals surface area (Å²) in [5.74, 6) is 0. The Bertz CT molecular complexity index is 299. The number of rotatable bonds is 0. The molecule has 13 heavy (non-hydrogen) atoms. The van der Waals surface area contributed by atoms with Gasteiger partial charge in [0, 0.05) is 24.0 Å². The average Bonchev–Trinajstić information content (AvgIpc) is 2.58. The molecule has 0 spiro atoms. The molecule has 1 aliphatic heterocycles. The highest BCUT2D eigenvalue weighted by atomic mass is 14.7. The number of aliphatic imine (C=N–C) groups is 1. The lowest BCUT2D eigenvalue weighted by Gasteiger charge is -1.83. The molecule has 0 atom stereocenters. The molecule has 1 aliphatic rings. The molecule has 0 fully saturated rings.